The summed E-state index contributed by atoms with van der Waals surface area (Å²) in [6.07, 6.45) is 8.18. The van der Waals surface area contributed by atoms with Gasteiger partial charge >= 0.3 is 0 Å². The van der Waals surface area contributed by atoms with E-state index in [0.29, 0.717) is 0 Å². The molecule has 3 nitrogen and oxygen atoms in total. The third kappa shape index (κ3) is 3.05. The van der Waals surface area contributed by atoms with Gasteiger partial charge in [0.1, 0.15) is 12.1 Å². The van der Waals surface area contributed by atoms with Crippen LogP contribution in [0, 0.1) is 6.92 Å². The Kier molecular flexibility index (Phi) is 4.28. The Bertz CT molecular complexity index is 343. The molecular formula is C12H19N3. The molecule has 1 aromatic rings. The Labute approximate surface area is 91.9 Å². The molecule has 0 unspecified atom stereocenters. The highest BCUT2D eigenvalue weighted by atomic mass is 15.1. The molecule has 0 aliphatic heterocycles. The zero-order valence-electron chi connectivity index (χ0n) is 9.99. The summed E-state index contributed by atoms with van der Waals surface area (Å²) in [5, 5.41) is 0. The summed E-state index contributed by atoms with van der Waals surface area (Å²) < 4.78 is 0. The first-order valence-electron chi connectivity index (χ1n) is 5.32. The monoisotopic (exact) mass is 205 g/mol. The van der Waals surface area contributed by atoms with E-state index in [0.717, 1.165) is 23.5 Å². The van der Waals surface area contributed by atoms with Gasteiger partial charge in [0.15, 0.2) is 0 Å². The number of hydrogen-bond donors (Lipinski definition) is 0. The van der Waals surface area contributed by atoms with Crippen LogP contribution in [0.4, 0.5) is 5.82 Å². The van der Waals surface area contributed by atoms with Crippen LogP contribution in [-0.2, 0) is 0 Å². The molecule has 1 aromatic heterocycles. The zero-order valence-corrected chi connectivity index (χ0v) is 9.99. The van der Waals surface area contributed by atoms with Crippen molar-refractivity contribution in [1.29, 1.82) is 0 Å². The quantitative estimate of drug-likeness (QED) is 0.756. The Hall–Kier alpha value is -1.38. The predicted molar refractivity (Wildman–Crippen MR) is 65.0 cm³/mol. The second kappa shape index (κ2) is 5.49. The van der Waals surface area contributed by atoms with Crippen LogP contribution < -0.4 is 4.90 Å². The summed E-state index contributed by atoms with van der Waals surface area (Å²) in [5.74, 6) is 0.981. The SMILES string of the molecule is CCC/C=C\c1c(C)ncnc1N(C)C. The number of aromatic nitrogens is 2. The van der Waals surface area contributed by atoms with Gasteiger partial charge in [0.25, 0.3) is 0 Å². The topological polar surface area (TPSA) is 29.0 Å². The molecule has 0 aliphatic carbocycles. The fraction of sp³-hybridized carbons (Fsp3) is 0.500. The van der Waals surface area contributed by atoms with Crippen LogP contribution >= 0.6 is 0 Å². The van der Waals surface area contributed by atoms with E-state index in [4.69, 9.17) is 0 Å². The summed E-state index contributed by atoms with van der Waals surface area (Å²) in [5.41, 5.74) is 2.15. The van der Waals surface area contributed by atoms with Gasteiger partial charge < -0.3 is 4.90 Å². The van der Waals surface area contributed by atoms with E-state index in [-0.39, 0.29) is 0 Å². The Morgan fingerprint density at radius 2 is 2.07 bits per heavy atom. The lowest BCUT2D eigenvalue weighted by Gasteiger charge is -2.14. The molecule has 0 N–H and O–H groups in total. The van der Waals surface area contributed by atoms with E-state index in [1.165, 1.54) is 6.42 Å². The molecule has 0 aromatic carbocycles. The predicted octanol–water partition coefficient (Wildman–Crippen LogP) is 2.66. The van der Waals surface area contributed by atoms with Crippen LogP contribution in [0.5, 0.6) is 0 Å². The van der Waals surface area contributed by atoms with Crippen molar-refractivity contribution in [3.63, 3.8) is 0 Å². The Balaban J connectivity index is 3.02. The molecule has 0 saturated heterocycles. The summed E-state index contributed by atoms with van der Waals surface area (Å²) in [6, 6.07) is 0. The lowest BCUT2D eigenvalue weighted by Crippen LogP contribution is -2.13. The number of hydrogen-bond acceptors (Lipinski definition) is 3. The minimum atomic E-state index is 0.981. The van der Waals surface area contributed by atoms with Crippen molar-refractivity contribution in [2.45, 2.75) is 26.7 Å². The second-order valence-corrected chi connectivity index (χ2v) is 3.78. The number of nitrogens with zero attached hydrogens (tertiary/aromatic N) is 3. The van der Waals surface area contributed by atoms with E-state index in [1.807, 2.05) is 25.9 Å². The molecule has 0 saturated carbocycles. The average Bonchev–Trinajstić information content (AvgIpc) is 2.20. The van der Waals surface area contributed by atoms with Crippen LogP contribution in [0.2, 0.25) is 0 Å². The summed E-state index contributed by atoms with van der Waals surface area (Å²) in [6.45, 7) is 4.19. The highest BCUT2D eigenvalue weighted by molar-refractivity contribution is 5.65. The lowest BCUT2D eigenvalue weighted by molar-refractivity contribution is 0.960. The first-order chi connectivity index (χ1) is 7.16. The maximum Gasteiger partial charge on any atom is 0.138 e. The summed E-state index contributed by atoms with van der Waals surface area (Å²) >= 11 is 0. The molecule has 0 fully saturated rings. The smallest absolute Gasteiger partial charge is 0.138 e. The minimum Gasteiger partial charge on any atom is -0.362 e. The molecule has 1 rings (SSSR count). The van der Waals surface area contributed by atoms with Crippen LogP contribution in [0.25, 0.3) is 6.08 Å². The van der Waals surface area contributed by atoms with E-state index < -0.39 is 0 Å². The van der Waals surface area contributed by atoms with Gasteiger partial charge in [-0.2, -0.15) is 0 Å². The number of anilines is 1. The number of aryl methyl sites for hydroxylation is 1. The molecule has 0 spiro atoms. The van der Waals surface area contributed by atoms with Crippen molar-refractivity contribution in [3.05, 3.63) is 23.7 Å². The molecule has 0 aliphatic rings. The third-order valence-corrected chi connectivity index (χ3v) is 2.23. The normalized spacial score (nSPS) is 10.9. The fourth-order valence-electron chi connectivity index (χ4n) is 1.39. The Morgan fingerprint density at radius 3 is 2.67 bits per heavy atom. The molecule has 82 valence electrons. The number of unbranched alkanes of at least 4 members (excludes halogenated alkanes) is 1. The lowest BCUT2D eigenvalue weighted by atomic mass is 10.2. The van der Waals surface area contributed by atoms with Crippen LogP contribution in [-0.4, -0.2) is 24.1 Å². The van der Waals surface area contributed by atoms with Gasteiger partial charge in [0.2, 0.25) is 0 Å². The van der Waals surface area contributed by atoms with Crippen molar-refractivity contribution in [3.8, 4) is 0 Å². The molecule has 0 radical (unpaired) electrons. The van der Waals surface area contributed by atoms with E-state index >= 15 is 0 Å². The number of rotatable bonds is 4. The molecule has 1 heterocycles. The van der Waals surface area contributed by atoms with E-state index in [1.54, 1.807) is 6.33 Å². The van der Waals surface area contributed by atoms with Gasteiger partial charge in [-0.05, 0) is 13.3 Å². The first-order valence-corrected chi connectivity index (χ1v) is 5.32. The van der Waals surface area contributed by atoms with Crippen molar-refractivity contribution >= 4 is 11.9 Å². The molecule has 0 bridgehead atoms. The van der Waals surface area contributed by atoms with Crippen LogP contribution in [0.3, 0.4) is 0 Å². The third-order valence-electron chi connectivity index (χ3n) is 2.23. The highest BCUT2D eigenvalue weighted by Crippen LogP contribution is 2.19. The van der Waals surface area contributed by atoms with Crippen molar-refractivity contribution in [2.75, 3.05) is 19.0 Å². The van der Waals surface area contributed by atoms with Gasteiger partial charge in [0.05, 0.1) is 5.69 Å². The first kappa shape index (κ1) is 11.7. The van der Waals surface area contributed by atoms with Gasteiger partial charge in [-0.3, -0.25) is 0 Å². The zero-order chi connectivity index (χ0) is 11.3. The molecule has 3 heteroatoms. The van der Waals surface area contributed by atoms with Crippen LogP contribution in [0.15, 0.2) is 12.4 Å². The molecule has 0 atom stereocenters. The van der Waals surface area contributed by atoms with Gasteiger partial charge in [-0.15, -0.1) is 0 Å². The van der Waals surface area contributed by atoms with Gasteiger partial charge in [-0.1, -0.05) is 25.5 Å². The van der Waals surface area contributed by atoms with Gasteiger partial charge in [-0.25, -0.2) is 9.97 Å². The fourth-order valence-corrected chi connectivity index (χ4v) is 1.39. The maximum atomic E-state index is 4.28. The highest BCUT2D eigenvalue weighted by Gasteiger charge is 2.06. The van der Waals surface area contributed by atoms with Crippen molar-refractivity contribution in [2.24, 2.45) is 0 Å². The number of allylic oxidation sites excluding steroid dienone is 1. The van der Waals surface area contributed by atoms with Crippen molar-refractivity contribution in [1.82, 2.24) is 9.97 Å². The summed E-state index contributed by atoms with van der Waals surface area (Å²) in [4.78, 5) is 10.5. The van der Waals surface area contributed by atoms with Gasteiger partial charge in [0, 0.05) is 19.7 Å². The molecule has 0 amide bonds. The average molecular weight is 205 g/mol. The minimum absolute atomic E-state index is 0.981. The molecular weight excluding hydrogens is 186 g/mol. The Morgan fingerprint density at radius 1 is 1.33 bits per heavy atom. The standard InChI is InChI=1S/C12H19N3/c1-5-6-7-8-11-10(2)13-9-14-12(11)15(3)4/h7-9H,5-6H2,1-4H3/b8-7-. The maximum absolute atomic E-state index is 4.28. The largest absolute Gasteiger partial charge is 0.362 e. The van der Waals surface area contributed by atoms with Crippen molar-refractivity contribution < 1.29 is 0 Å². The van der Waals surface area contributed by atoms with Crippen LogP contribution in [0.1, 0.15) is 31.0 Å². The van der Waals surface area contributed by atoms with E-state index in [9.17, 15) is 0 Å². The molecule has 15 heavy (non-hydrogen) atoms. The summed E-state index contributed by atoms with van der Waals surface area (Å²) in [7, 11) is 4.00. The second-order valence-electron chi connectivity index (χ2n) is 3.78. The van der Waals surface area contributed by atoms with E-state index in [2.05, 4.69) is 29.0 Å².